The Labute approximate surface area is 130 Å². The van der Waals surface area contributed by atoms with Gasteiger partial charge in [-0.2, -0.15) is 0 Å². The van der Waals surface area contributed by atoms with E-state index in [4.69, 9.17) is 5.11 Å². The summed E-state index contributed by atoms with van der Waals surface area (Å²) in [6, 6.07) is -0.260. The largest absolute Gasteiger partial charge is 0.396 e. The number of nitrogens with zero attached hydrogens (tertiary/aromatic N) is 2. The molecule has 1 aromatic heterocycles. The van der Waals surface area contributed by atoms with E-state index in [2.05, 4.69) is 34.7 Å². The summed E-state index contributed by atoms with van der Waals surface area (Å²) >= 11 is 1.41. The van der Waals surface area contributed by atoms with Crippen LogP contribution in [0, 0.1) is 11.3 Å². The fourth-order valence-corrected chi connectivity index (χ4v) is 2.67. The van der Waals surface area contributed by atoms with Crippen molar-refractivity contribution in [3.05, 3.63) is 5.01 Å². The Bertz CT molecular complexity index is 446. The molecule has 2 amide bonds. The summed E-state index contributed by atoms with van der Waals surface area (Å²) in [5.74, 6) is 0.523. The Morgan fingerprint density at radius 2 is 2.10 bits per heavy atom. The molecule has 0 aliphatic heterocycles. The van der Waals surface area contributed by atoms with Gasteiger partial charge in [0.1, 0.15) is 5.01 Å². The van der Waals surface area contributed by atoms with Crippen molar-refractivity contribution < 1.29 is 9.90 Å². The molecule has 7 heteroatoms. The lowest BCUT2D eigenvalue weighted by molar-refractivity contribution is 0.148. The predicted molar refractivity (Wildman–Crippen MR) is 85.6 cm³/mol. The zero-order valence-electron chi connectivity index (χ0n) is 13.3. The lowest BCUT2D eigenvalue weighted by Gasteiger charge is -2.21. The average Bonchev–Trinajstić information content (AvgIpc) is 2.81. The van der Waals surface area contributed by atoms with Crippen LogP contribution in [-0.4, -0.2) is 34.5 Å². The van der Waals surface area contributed by atoms with Gasteiger partial charge in [-0.1, -0.05) is 39.0 Å². The number of aliphatic hydroxyl groups is 1. The van der Waals surface area contributed by atoms with Crippen LogP contribution in [0.5, 0.6) is 0 Å². The lowest BCUT2D eigenvalue weighted by atomic mass is 9.89. The number of amides is 2. The average molecular weight is 314 g/mol. The normalized spacial score (nSPS) is 11.7. The van der Waals surface area contributed by atoms with E-state index >= 15 is 0 Å². The summed E-state index contributed by atoms with van der Waals surface area (Å²) in [4.78, 5) is 11.7. The van der Waals surface area contributed by atoms with Gasteiger partial charge in [0.05, 0.1) is 0 Å². The fraction of sp³-hybridized carbons (Fsp3) is 0.786. The highest BCUT2D eigenvalue weighted by molar-refractivity contribution is 7.15. The number of rotatable bonds is 8. The maximum atomic E-state index is 11.7. The monoisotopic (exact) mass is 314 g/mol. The number of aromatic nitrogens is 2. The van der Waals surface area contributed by atoms with Gasteiger partial charge in [0, 0.05) is 19.6 Å². The summed E-state index contributed by atoms with van der Waals surface area (Å²) < 4.78 is 0. The Balaban J connectivity index is 2.26. The number of aliphatic hydroxyl groups excluding tert-OH is 1. The first-order valence-electron chi connectivity index (χ1n) is 7.30. The predicted octanol–water partition coefficient (Wildman–Crippen LogP) is 2.66. The molecule has 21 heavy (non-hydrogen) atoms. The summed E-state index contributed by atoms with van der Waals surface area (Å²) in [6.45, 7) is 8.98. The Morgan fingerprint density at radius 3 is 2.71 bits per heavy atom. The molecule has 6 nitrogen and oxygen atoms in total. The number of hydrogen-bond donors (Lipinski definition) is 3. The second-order valence-electron chi connectivity index (χ2n) is 6.41. The molecule has 1 aromatic rings. The van der Waals surface area contributed by atoms with Gasteiger partial charge in [0.25, 0.3) is 0 Å². The molecule has 3 N–H and O–H groups in total. The van der Waals surface area contributed by atoms with Crippen LogP contribution in [0.1, 0.15) is 45.5 Å². The van der Waals surface area contributed by atoms with Crippen molar-refractivity contribution in [2.75, 3.05) is 18.5 Å². The molecule has 0 saturated carbocycles. The lowest BCUT2D eigenvalue weighted by Crippen LogP contribution is -2.30. The maximum absolute atomic E-state index is 11.7. The number of carbonyl (C=O) groups excluding carboxylic acids is 1. The molecule has 0 saturated heterocycles. The Kier molecular flexibility index (Phi) is 7.04. The minimum atomic E-state index is -0.260. The molecule has 1 rings (SSSR count). The van der Waals surface area contributed by atoms with E-state index in [1.807, 2.05) is 13.8 Å². The van der Waals surface area contributed by atoms with Crippen LogP contribution in [0.15, 0.2) is 0 Å². The summed E-state index contributed by atoms with van der Waals surface area (Å²) in [7, 11) is 0. The molecule has 0 aliphatic rings. The zero-order chi connectivity index (χ0) is 15.9. The van der Waals surface area contributed by atoms with Gasteiger partial charge in [0.2, 0.25) is 5.13 Å². The number of carbonyl (C=O) groups is 1. The van der Waals surface area contributed by atoms with Crippen molar-refractivity contribution in [2.45, 2.75) is 47.0 Å². The van der Waals surface area contributed by atoms with Gasteiger partial charge in [0.15, 0.2) is 0 Å². The van der Waals surface area contributed by atoms with Gasteiger partial charge < -0.3 is 10.4 Å². The van der Waals surface area contributed by atoms with Crippen LogP contribution in [0.2, 0.25) is 0 Å². The van der Waals surface area contributed by atoms with Crippen LogP contribution in [0.25, 0.3) is 0 Å². The van der Waals surface area contributed by atoms with Gasteiger partial charge in [-0.3, -0.25) is 5.32 Å². The van der Waals surface area contributed by atoms with Crippen molar-refractivity contribution in [3.8, 4) is 0 Å². The third-order valence-electron chi connectivity index (χ3n) is 3.01. The minimum absolute atomic E-state index is 0.0941. The van der Waals surface area contributed by atoms with Crippen LogP contribution >= 0.6 is 11.3 Å². The highest BCUT2D eigenvalue weighted by Crippen LogP contribution is 2.20. The molecule has 1 heterocycles. The number of nitrogens with one attached hydrogen (secondary N) is 2. The van der Waals surface area contributed by atoms with Gasteiger partial charge >= 0.3 is 6.03 Å². The Morgan fingerprint density at radius 1 is 1.38 bits per heavy atom. The topological polar surface area (TPSA) is 87.1 Å². The molecule has 0 fully saturated rings. The SMILES string of the molecule is CC(C)Cc1nnc(NC(=O)NCCCC(C)(C)CO)s1. The summed E-state index contributed by atoms with van der Waals surface area (Å²) in [5, 5.41) is 24.1. The van der Waals surface area contributed by atoms with E-state index in [1.54, 1.807) is 0 Å². The van der Waals surface area contributed by atoms with E-state index in [0.29, 0.717) is 17.6 Å². The molecular weight excluding hydrogens is 288 g/mol. The van der Waals surface area contributed by atoms with E-state index in [-0.39, 0.29) is 18.1 Å². The zero-order valence-corrected chi connectivity index (χ0v) is 14.1. The quantitative estimate of drug-likeness (QED) is 0.644. The fourth-order valence-electron chi connectivity index (χ4n) is 1.73. The second-order valence-corrected chi connectivity index (χ2v) is 7.47. The minimum Gasteiger partial charge on any atom is -0.396 e. The molecule has 0 unspecified atom stereocenters. The summed E-state index contributed by atoms with van der Waals surface area (Å²) in [6.07, 6.45) is 2.56. The van der Waals surface area contributed by atoms with E-state index in [0.717, 1.165) is 24.3 Å². The molecule has 0 spiro atoms. The highest BCUT2D eigenvalue weighted by Gasteiger charge is 2.15. The van der Waals surface area contributed by atoms with Crippen molar-refractivity contribution in [1.82, 2.24) is 15.5 Å². The van der Waals surface area contributed by atoms with Crippen LogP contribution in [0.3, 0.4) is 0 Å². The number of hydrogen-bond acceptors (Lipinski definition) is 5. The Hall–Kier alpha value is -1.21. The van der Waals surface area contributed by atoms with Gasteiger partial charge in [-0.15, -0.1) is 10.2 Å². The smallest absolute Gasteiger partial charge is 0.321 e. The molecule has 0 aromatic carbocycles. The van der Waals surface area contributed by atoms with E-state index in [1.165, 1.54) is 11.3 Å². The standard InChI is InChI=1S/C14H26N4O2S/c1-10(2)8-11-17-18-13(21-11)16-12(20)15-7-5-6-14(3,4)9-19/h10,19H,5-9H2,1-4H3,(H2,15,16,18,20). The first kappa shape index (κ1) is 17.8. The number of urea groups is 1. The molecule has 0 aliphatic carbocycles. The van der Waals surface area contributed by atoms with E-state index < -0.39 is 0 Å². The molecule has 0 atom stereocenters. The van der Waals surface area contributed by atoms with Crippen molar-refractivity contribution in [2.24, 2.45) is 11.3 Å². The van der Waals surface area contributed by atoms with Crippen LogP contribution < -0.4 is 10.6 Å². The second kappa shape index (κ2) is 8.29. The highest BCUT2D eigenvalue weighted by atomic mass is 32.1. The van der Waals surface area contributed by atoms with Crippen molar-refractivity contribution in [1.29, 1.82) is 0 Å². The number of anilines is 1. The first-order valence-corrected chi connectivity index (χ1v) is 8.12. The molecule has 0 bridgehead atoms. The van der Waals surface area contributed by atoms with Crippen LogP contribution in [0.4, 0.5) is 9.93 Å². The molecule has 0 radical (unpaired) electrons. The van der Waals surface area contributed by atoms with Crippen LogP contribution in [-0.2, 0) is 6.42 Å². The summed E-state index contributed by atoms with van der Waals surface area (Å²) in [5.41, 5.74) is -0.0941. The molecule has 120 valence electrons. The van der Waals surface area contributed by atoms with Gasteiger partial charge in [-0.25, -0.2) is 4.79 Å². The molecular formula is C14H26N4O2S. The first-order chi connectivity index (χ1) is 9.82. The van der Waals surface area contributed by atoms with Crippen molar-refractivity contribution in [3.63, 3.8) is 0 Å². The maximum Gasteiger partial charge on any atom is 0.321 e. The van der Waals surface area contributed by atoms with E-state index in [9.17, 15) is 4.79 Å². The third-order valence-corrected chi connectivity index (χ3v) is 3.88. The van der Waals surface area contributed by atoms with Gasteiger partial charge in [-0.05, 0) is 24.2 Å². The van der Waals surface area contributed by atoms with Crippen molar-refractivity contribution >= 4 is 22.5 Å². The third kappa shape index (κ3) is 7.38.